The number of hydrogen-bond donors (Lipinski definition) is 1. The summed E-state index contributed by atoms with van der Waals surface area (Å²) in [4.78, 5) is 11.4. The molecule has 20 heavy (non-hydrogen) atoms. The molecule has 0 spiro atoms. The summed E-state index contributed by atoms with van der Waals surface area (Å²) in [6.45, 7) is 4.37. The van der Waals surface area contributed by atoms with Crippen LogP contribution in [0.2, 0.25) is 0 Å². The van der Waals surface area contributed by atoms with Crippen molar-refractivity contribution in [1.29, 1.82) is 0 Å². The minimum atomic E-state index is -4.34. The van der Waals surface area contributed by atoms with Gasteiger partial charge >= 0.3 is 12.1 Å². The molecular formula is C14H18F3NO2. The van der Waals surface area contributed by atoms with E-state index in [1.54, 1.807) is 19.9 Å². The van der Waals surface area contributed by atoms with Crippen molar-refractivity contribution >= 4 is 5.97 Å². The third-order valence-electron chi connectivity index (χ3n) is 2.72. The van der Waals surface area contributed by atoms with Gasteiger partial charge in [-0.2, -0.15) is 13.2 Å². The summed E-state index contributed by atoms with van der Waals surface area (Å²) in [6, 6.07) is 5.11. The van der Waals surface area contributed by atoms with Crippen LogP contribution in [0.5, 0.6) is 0 Å². The molecule has 0 bridgehead atoms. The van der Waals surface area contributed by atoms with E-state index < -0.39 is 11.7 Å². The molecule has 0 radical (unpaired) electrons. The van der Waals surface area contributed by atoms with Gasteiger partial charge in [0.15, 0.2) is 0 Å². The Bertz CT molecular complexity index is 446. The number of alkyl halides is 3. The maximum Gasteiger partial charge on any atom is 0.416 e. The van der Waals surface area contributed by atoms with E-state index in [4.69, 9.17) is 4.74 Å². The highest BCUT2D eigenvalue weighted by molar-refractivity contribution is 5.72. The first kappa shape index (κ1) is 16.5. The maximum atomic E-state index is 12.5. The van der Waals surface area contributed by atoms with Crippen molar-refractivity contribution in [2.75, 3.05) is 13.2 Å². The molecule has 0 fully saturated rings. The highest BCUT2D eigenvalue weighted by Gasteiger charge is 2.30. The highest BCUT2D eigenvalue weighted by Crippen LogP contribution is 2.29. The van der Waals surface area contributed by atoms with Gasteiger partial charge in [-0.25, -0.2) is 0 Å². The van der Waals surface area contributed by atoms with E-state index in [1.807, 2.05) is 0 Å². The van der Waals surface area contributed by atoms with Crippen LogP contribution >= 0.6 is 0 Å². The molecule has 0 aliphatic rings. The molecule has 0 amide bonds. The van der Waals surface area contributed by atoms with Crippen molar-refractivity contribution < 1.29 is 22.7 Å². The van der Waals surface area contributed by atoms with Gasteiger partial charge in [0.1, 0.15) is 0 Å². The second-order valence-corrected chi connectivity index (χ2v) is 4.48. The minimum Gasteiger partial charge on any atom is -0.466 e. The van der Waals surface area contributed by atoms with E-state index in [9.17, 15) is 18.0 Å². The topological polar surface area (TPSA) is 38.3 Å². The summed E-state index contributed by atoms with van der Waals surface area (Å²) < 4.78 is 42.4. The number of nitrogens with one attached hydrogen (secondary N) is 1. The summed E-state index contributed by atoms with van der Waals surface area (Å²) in [5.74, 6) is -0.648. The molecule has 6 heteroatoms. The lowest BCUT2D eigenvalue weighted by atomic mass is 10.1. The lowest BCUT2D eigenvalue weighted by Crippen LogP contribution is -2.27. The molecule has 112 valence electrons. The fourth-order valence-corrected chi connectivity index (χ4v) is 1.66. The van der Waals surface area contributed by atoms with Crippen molar-refractivity contribution in [3.63, 3.8) is 0 Å². The van der Waals surface area contributed by atoms with Crippen LogP contribution in [-0.4, -0.2) is 19.1 Å². The first-order chi connectivity index (χ1) is 9.34. The predicted octanol–water partition coefficient (Wildman–Crippen LogP) is 2.99. The lowest BCUT2D eigenvalue weighted by molar-refractivity contribution is -0.147. The minimum absolute atomic E-state index is 0.271. The van der Waals surface area contributed by atoms with Crippen LogP contribution in [0, 0.1) is 5.92 Å². The van der Waals surface area contributed by atoms with E-state index in [0.717, 1.165) is 12.1 Å². The average Bonchev–Trinajstić information content (AvgIpc) is 2.38. The second-order valence-electron chi connectivity index (χ2n) is 4.48. The zero-order valence-electron chi connectivity index (χ0n) is 11.5. The molecule has 1 rings (SSSR count). The van der Waals surface area contributed by atoms with Crippen molar-refractivity contribution in [1.82, 2.24) is 5.32 Å². The van der Waals surface area contributed by atoms with Gasteiger partial charge in [0.05, 0.1) is 18.1 Å². The highest BCUT2D eigenvalue weighted by atomic mass is 19.4. The van der Waals surface area contributed by atoms with Crippen molar-refractivity contribution in [2.24, 2.45) is 5.92 Å². The van der Waals surface area contributed by atoms with E-state index >= 15 is 0 Å². The van der Waals surface area contributed by atoms with Crippen LogP contribution < -0.4 is 5.32 Å². The Labute approximate surface area is 116 Å². The first-order valence-electron chi connectivity index (χ1n) is 6.38. The lowest BCUT2D eigenvalue weighted by Gasteiger charge is -2.12. The molecule has 0 aliphatic carbocycles. The van der Waals surface area contributed by atoms with E-state index in [1.165, 1.54) is 6.07 Å². The van der Waals surface area contributed by atoms with Gasteiger partial charge in [0.25, 0.3) is 0 Å². The summed E-state index contributed by atoms with van der Waals surface area (Å²) >= 11 is 0. The van der Waals surface area contributed by atoms with Gasteiger partial charge < -0.3 is 10.1 Å². The summed E-state index contributed by atoms with van der Waals surface area (Å²) in [5.41, 5.74) is -0.147. The number of esters is 1. The Kier molecular flexibility index (Phi) is 6.01. The van der Waals surface area contributed by atoms with E-state index in [2.05, 4.69) is 5.32 Å². The zero-order valence-corrected chi connectivity index (χ0v) is 11.5. The Morgan fingerprint density at radius 1 is 1.40 bits per heavy atom. The SMILES string of the molecule is CCOC(=O)C(C)CNCc1cccc(C(F)(F)F)c1. The monoisotopic (exact) mass is 289 g/mol. The Balaban J connectivity index is 2.48. The maximum absolute atomic E-state index is 12.5. The van der Waals surface area contributed by atoms with Gasteiger partial charge in [-0.05, 0) is 18.6 Å². The molecule has 1 aromatic carbocycles. The van der Waals surface area contributed by atoms with E-state index in [-0.39, 0.29) is 18.4 Å². The molecule has 1 N–H and O–H groups in total. The molecule has 1 atom stereocenters. The molecule has 3 nitrogen and oxygen atoms in total. The Morgan fingerprint density at radius 2 is 2.10 bits per heavy atom. The molecule has 0 heterocycles. The quantitative estimate of drug-likeness (QED) is 0.818. The molecular weight excluding hydrogens is 271 g/mol. The number of rotatable bonds is 6. The van der Waals surface area contributed by atoms with Gasteiger partial charge in [0, 0.05) is 13.1 Å². The van der Waals surface area contributed by atoms with Crippen LogP contribution in [0.1, 0.15) is 25.0 Å². The molecule has 0 saturated heterocycles. The Morgan fingerprint density at radius 3 is 2.70 bits per heavy atom. The fourth-order valence-electron chi connectivity index (χ4n) is 1.66. The van der Waals surface area contributed by atoms with Crippen LogP contribution in [-0.2, 0) is 22.3 Å². The molecule has 0 aromatic heterocycles. The molecule has 0 saturated carbocycles. The molecule has 1 unspecified atom stereocenters. The zero-order chi connectivity index (χ0) is 15.2. The van der Waals surface area contributed by atoms with Gasteiger partial charge in [-0.1, -0.05) is 25.1 Å². The molecule has 1 aromatic rings. The number of hydrogen-bond acceptors (Lipinski definition) is 3. The first-order valence-corrected chi connectivity index (χ1v) is 6.38. The number of ether oxygens (including phenoxy) is 1. The number of carbonyl (C=O) groups is 1. The van der Waals surface area contributed by atoms with Crippen molar-refractivity contribution in [3.8, 4) is 0 Å². The largest absolute Gasteiger partial charge is 0.466 e. The fraction of sp³-hybridized carbons (Fsp3) is 0.500. The summed E-state index contributed by atoms with van der Waals surface area (Å²) in [7, 11) is 0. The number of halogens is 3. The standard InChI is InChI=1S/C14H18F3NO2/c1-3-20-13(19)10(2)8-18-9-11-5-4-6-12(7-11)14(15,16)17/h4-7,10,18H,3,8-9H2,1-2H3. The van der Waals surface area contributed by atoms with Crippen LogP contribution in [0.3, 0.4) is 0 Å². The predicted molar refractivity (Wildman–Crippen MR) is 68.9 cm³/mol. The van der Waals surface area contributed by atoms with Gasteiger partial charge in [-0.3, -0.25) is 4.79 Å². The smallest absolute Gasteiger partial charge is 0.416 e. The van der Waals surface area contributed by atoms with Crippen LogP contribution in [0.25, 0.3) is 0 Å². The number of carbonyl (C=O) groups excluding carboxylic acids is 1. The van der Waals surface area contributed by atoms with Crippen LogP contribution in [0.4, 0.5) is 13.2 Å². The third-order valence-corrected chi connectivity index (χ3v) is 2.72. The third kappa shape index (κ3) is 5.21. The van der Waals surface area contributed by atoms with Gasteiger partial charge in [-0.15, -0.1) is 0 Å². The summed E-state index contributed by atoms with van der Waals surface area (Å²) in [6.07, 6.45) is -4.34. The second kappa shape index (κ2) is 7.28. The van der Waals surface area contributed by atoms with Crippen molar-refractivity contribution in [3.05, 3.63) is 35.4 Å². The summed E-state index contributed by atoms with van der Waals surface area (Å²) in [5, 5.41) is 2.95. The Hall–Kier alpha value is -1.56. The number of benzene rings is 1. The van der Waals surface area contributed by atoms with Crippen molar-refractivity contribution in [2.45, 2.75) is 26.6 Å². The van der Waals surface area contributed by atoms with E-state index in [0.29, 0.717) is 18.7 Å². The van der Waals surface area contributed by atoms with Crippen LogP contribution in [0.15, 0.2) is 24.3 Å². The normalized spacial score (nSPS) is 13.1. The molecule has 0 aliphatic heterocycles. The average molecular weight is 289 g/mol. The van der Waals surface area contributed by atoms with Gasteiger partial charge in [0.2, 0.25) is 0 Å².